The Hall–Kier alpha value is -1.06. The van der Waals surface area contributed by atoms with E-state index in [1.165, 1.54) is 12.8 Å². The quantitative estimate of drug-likeness (QED) is 0.583. The molecule has 2 fully saturated rings. The van der Waals surface area contributed by atoms with Crippen molar-refractivity contribution in [2.45, 2.75) is 89.8 Å². The summed E-state index contributed by atoms with van der Waals surface area (Å²) >= 11 is 0. The molecule has 0 aliphatic heterocycles. The zero-order valence-corrected chi connectivity index (χ0v) is 13.6. The van der Waals surface area contributed by atoms with Crippen LogP contribution in [0, 0.1) is 5.92 Å². The van der Waals surface area contributed by atoms with Crippen LogP contribution in [0.3, 0.4) is 0 Å². The lowest BCUT2D eigenvalue weighted by Gasteiger charge is -2.36. The van der Waals surface area contributed by atoms with E-state index in [4.69, 9.17) is 4.74 Å². The Labute approximate surface area is 128 Å². The molecule has 2 aliphatic carbocycles. The molecule has 2 aliphatic rings. The van der Waals surface area contributed by atoms with Gasteiger partial charge in [-0.3, -0.25) is 4.90 Å². The molecule has 0 bridgehead atoms. The first-order valence-corrected chi connectivity index (χ1v) is 8.39. The number of hydrogen-bond donors (Lipinski definition) is 0. The van der Waals surface area contributed by atoms with Crippen LogP contribution < -0.4 is 0 Å². The number of carbonyl (C=O) groups excluding carboxylic acids is 2. The highest BCUT2D eigenvalue weighted by Gasteiger charge is 2.42. The predicted octanol–water partition coefficient (Wildman–Crippen LogP) is 3.92. The maximum atomic E-state index is 12.6. The summed E-state index contributed by atoms with van der Waals surface area (Å²) in [5, 5.41) is 0. The second-order valence-electron chi connectivity index (χ2n) is 7.50. The topological polar surface area (TPSA) is 46.6 Å². The molecule has 4 heteroatoms. The fraction of sp³-hybridized carbons (Fsp3) is 0.882. The number of ether oxygens (including phenoxy) is 1. The number of carbonyl (C=O) groups is 2. The van der Waals surface area contributed by atoms with Gasteiger partial charge in [0.05, 0.1) is 6.04 Å². The van der Waals surface area contributed by atoms with Crippen LogP contribution in [0.25, 0.3) is 0 Å². The van der Waals surface area contributed by atoms with Crippen molar-refractivity contribution >= 4 is 12.4 Å². The summed E-state index contributed by atoms with van der Waals surface area (Å²) in [5.74, 6) is 0.346. The monoisotopic (exact) mass is 295 g/mol. The van der Waals surface area contributed by atoms with Crippen molar-refractivity contribution in [2.24, 2.45) is 5.92 Å². The van der Waals surface area contributed by atoms with Crippen molar-refractivity contribution < 1.29 is 14.3 Å². The van der Waals surface area contributed by atoms with E-state index in [0.29, 0.717) is 5.92 Å². The molecule has 120 valence electrons. The summed E-state index contributed by atoms with van der Waals surface area (Å²) < 4.78 is 5.58. The standard InChI is InChI=1S/C17H29NO3/c1-17(2,3)21-16(20)18(15(12-19)13-10-11-13)14-8-6-4-5-7-9-14/h12-15H,4-11H2,1-3H3. The summed E-state index contributed by atoms with van der Waals surface area (Å²) in [4.78, 5) is 26.0. The first kappa shape index (κ1) is 16.3. The Balaban J connectivity index is 2.15. The molecular formula is C17H29NO3. The zero-order valence-electron chi connectivity index (χ0n) is 13.6. The molecule has 1 atom stereocenters. The van der Waals surface area contributed by atoms with Crippen LogP contribution in [-0.4, -0.2) is 35.0 Å². The zero-order chi connectivity index (χ0) is 15.5. The summed E-state index contributed by atoms with van der Waals surface area (Å²) in [5.41, 5.74) is -0.517. The maximum Gasteiger partial charge on any atom is 0.411 e. The van der Waals surface area contributed by atoms with Gasteiger partial charge >= 0.3 is 6.09 Å². The van der Waals surface area contributed by atoms with E-state index >= 15 is 0 Å². The molecule has 0 radical (unpaired) electrons. The molecule has 0 saturated heterocycles. The van der Waals surface area contributed by atoms with E-state index < -0.39 is 5.60 Å². The van der Waals surface area contributed by atoms with Gasteiger partial charge in [0.1, 0.15) is 11.9 Å². The Morgan fingerprint density at radius 1 is 1.10 bits per heavy atom. The summed E-state index contributed by atoms with van der Waals surface area (Å²) in [6.45, 7) is 5.63. The summed E-state index contributed by atoms with van der Waals surface area (Å²) in [6, 6.07) is -0.124. The molecule has 0 spiro atoms. The van der Waals surface area contributed by atoms with Crippen molar-refractivity contribution in [2.75, 3.05) is 0 Å². The molecule has 2 saturated carbocycles. The highest BCUT2D eigenvalue weighted by molar-refractivity contribution is 5.74. The van der Waals surface area contributed by atoms with Crippen molar-refractivity contribution in [1.82, 2.24) is 4.90 Å². The van der Waals surface area contributed by atoms with E-state index in [-0.39, 0.29) is 18.2 Å². The number of nitrogens with zero attached hydrogens (tertiary/aromatic N) is 1. The molecule has 1 unspecified atom stereocenters. The van der Waals surface area contributed by atoms with Gasteiger partial charge in [-0.15, -0.1) is 0 Å². The van der Waals surface area contributed by atoms with Gasteiger partial charge in [0, 0.05) is 6.04 Å². The van der Waals surface area contributed by atoms with Gasteiger partial charge in [0.25, 0.3) is 0 Å². The fourth-order valence-electron chi connectivity index (χ4n) is 3.21. The van der Waals surface area contributed by atoms with Gasteiger partial charge < -0.3 is 9.53 Å². The van der Waals surface area contributed by atoms with Crippen LogP contribution in [-0.2, 0) is 9.53 Å². The van der Waals surface area contributed by atoms with E-state index in [2.05, 4.69) is 0 Å². The number of amides is 1. The first-order chi connectivity index (χ1) is 9.92. The van der Waals surface area contributed by atoms with Gasteiger partial charge in [0.15, 0.2) is 0 Å². The summed E-state index contributed by atoms with van der Waals surface area (Å²) in [6.07, 6.45) is 9.49. The van der Waals surface area contributed by atoms with E-state index in [9.17, 15) is 9.59 Å². The third-order valence-corrected chi connectivity index (χ3v) is 4.39. The third kappa shape index (κ3) is 4.72. The highest BCUT2D eigenvalue weighted by Crippen LogP contribution is 2.37. The lowest BCUT2D eigenvalue weighted by atomic mass is 10.0. The van der Waals surface area contributed by atoms with Crippen LogP contribution in [0.15, 0.2) is 0 Å². The third-order valence-electron chi connectivity index (χ3n) is 4.39. The largest absolute Gasteiger partial charge is 0.444 e. The Morgan fingerprint density at radius 3 is 2.10 bits per heavy atom. The number of hydrogen-bond acceptors (Lipinski definition) is 3. The van der Waals surface area contributed by atoms with Crippen LogP contribution >= 0.6 is 0 Å². The highest BCUT2D eigenvalue weighted by atomic mass is 16.6. The first-order valence-electron chi connectivity index (χ1n) is 8.39. The Kier molecular flexibility index (Phi) is 5.28. The average Bonchev–Trinajstić information content (AvgIpc) is 3.20. The molecule has 4 nitrogen and oxygen atoms in total. The molecule has 0 aromatic heterocycles. The Bertz CT molecular complexity index is 363. The Morgan fingerprint density at radius 2 is 1.67 bits per heavy atom. The molecule has 0 aromatic rings. The van der Waals surface area contributed by atoms with Crippen LogP contribution in [0.2, 0.25) is 0 Å². The smallest absolute Gasteiger partial charge is 0.411 e. The molecule has 2 rings (SSSR count). The van der Waals surface area contributed by atoms with Gasteiger partial charge in [-0.05, 0) is 52.4 Å². The number of rotatable bonds is 4. The normalized spacial score (nSPS) is 22.2. The lowest BCUT2D eigenvalue weighted by molar-refractivity contribution is -0.114. The molecule has 21 heavy (non-hydrogen) atoms. The van der Waals surface area contributed by atoms with Gasteiger partial charge in [-0.25, -0.2) is 4.79 Å². The van der Waals surface area contributed by atoms with Crippen molar-refractivity contribution in [1.29, 1.82) is 0 Å². The lowest BCUT2D eigenvalue weighted by Crippen LogP contribution is -2.50. The minimum atomic E-state index is -0.517. The molecule has 1 amide bonds. The molecule has 0 aromatic carbocycles. The SMILES string of the molecule is CC(C)(C)OC(=O)N(C1CCCCCC1)C(C=O)C1CC1. The minimum absolute atomic E-state index is 0.165. The van der Waals surface area contributed by atoms with Crippen molar-refractivity contribution in [3.05, 3.63) is 0 Å². The second-order valence-corrected chi connectivity index (χ2v) is 7.50. The molecule has 0 heterocycles. The van der Waals surface area contributed by atoms with E-state index in [0.717, 1.165) is 44.8 Å². The minimum Gasteiger partial charge on any atom is -0.444 e. The summed E-state index contributed by atoms with van der Waals surface area (Å²) in [7, 11) is 0. The predicted molar refractivity (Wildman–Crippen MR) is 82.1 cm³/mol. The van der Waals surface area contributed by atoms with Crippen LogP contribution in [0.1, 0.15) is 72.1 Å². The number of aldehydes is 1. The van der Waals surface area contributed by atoms with Crippen molar-refractivity contribution in [3.8, 4) is 0 Å². The second kappa shape index (κ2) is 6.80. The van der Waals surface area contributed by atoms with Gasteiger partial charge in [0.2, 0.25) is 0 Å². The molecule has 0 N–H and O–H groups in total. The average molecular weight is 295 g/mol. The van der Waals surface area contributed by atoms with Gasteiger partial charge in [-0.2, -0.15) is 0 Å². The van der Waals surface area contributed by atoms with Crippen molar-refractivity contribution in [3.63, 3.8) is 0 Å². The fourth-order valence-corrected chi connectivity index (χ4v) is 3.21. The van der Waals surface area contributed by atoms with Crippen LogP contribution in [0.5, 0.6) is 0 Å². The van der Waals surface area contributed by atoms with E-state index in [1.54, 1.807) is 4.90 Å². The maximum absolute atomic E-state index is 12.6. The van der Waals surface area contributed by atoms with Crippen LogP contribution in [0.4, 0.5) is 4.79 Å². The van der Waals surface area contributed by atoms with E-state index in [1.807, 2.05) is 20.8 Å². The molecular weight excluding hydrogens is 266 g/mol. The van der Waals surface area contributed by atoms with Gasteiger partial charge in [-0.1, -0.05) is 25.7 Å².